The highest BCUT2D eigenvalue weighted by Crippen LogP contribution is 2.29. The lowest BCUT2D eigenvalue weighted by Crippen LogP contribution is -2.39. The van der Waals surface area contributed by atoms with E-state index in [9.17, 15) is 18.4 Å². The van der Waals surface area contributed by atoms with E-state index < -0.39 is 18.0 Å². The number of methoxy groups -OCH3 is 1. The van der Waals surface area contributed by atoms with Gasteiger partial charge < -0.3 is 14.8 Å². The van der Waals surface area contributed by atoms with Crippen LogP contribution in [-0.4, -0.2) is 51.4 Å². The highest BCUT2D eigenvalue weighted by molar-refractivity contribution is 6.30. The molecule has 0 radical (unpaired) electrons. The van der Waals surface area contributed by atoms with Crippen molar-refractivity contribution in [2.24, 2.45) is 5.92 Å². The zero-order valence-electron chi connectivity index (χ0n) is 22.4. The van der Waals surface area contributed by atoms with Crippen LogP contribution in [-0.2, 0) is 11.3 Å². The summed E-state index contributed by atoms with van der Waals surface area (Å²) in [5, 5.41) is 2.98. The van der Waals surface area contributed by atoms with Crippen molar-refractivity contribution in [2.45, 2.75) is 44.7 Å². The van der Waals surface area contributed by atoms with Gasteiger partial charge in [-0.05, 0) is 55.9 Å². The number of carbonyl (C=O) groups excluding carboxylic acids is 1. The molecule has 0 aliphatic heterocycles. The second-order valence-electron chi connectivity index (χ2n) is 9.99. The molecule has 1 amide bonds. The fourth-order valence-corrected chi connectivity index (χ4v) is 5.43. The van der Waals surface area contributed by atoms with Gasteiger partial charge in [0.05, 0.1) is 40.1 Å². The number of nitrogens with one attached hydrogen (secondary N) is 1. The molecule has 12 heteroatoms. The predicted molar refractivity (Wildman–Crippen MR) is 150 cm³/mol. The van der Waals surface area contributed by atoms with Crippen molar-refractivity contribution in [3.63, 3.8) is 0 Å². The van der Waals surface area contributed by atoms with Crippen LogP contribution >= 0.6 is 11.6 Å². The van der Waals surface area contributed by atoms with E-state index >= 15 is 0 Å². The van der Waals surface area contributed by atoms with Crippen LogP contribution in [0.25, 0.3) is 16.7 Å². The normalized spacial score (nSPS) is 17.2. The minimum atomic E-state index is -2.88. The number of aromatic nitrogens is 4. The van der Waals surface area contributed by atoms with E-state index in [-0.39, 0.29) is 28.2 Å². The molecule has 1 aliphatic rings. The van der Waals surface area contributed by atoms with Gasteiger partial charge in [0.25, 0.3) is 12.3 Å². The summed E-state index contributed by atoms with van der Waals surface area (Å²) in [4.78, 5) is 34.4. The van der Waals surface area contributed by atoms with E-state index in [1.807, 2.05) is 24.3 Å². The standard InChI is InChI=1S/C29H30ClF2N5O4/c1-40-12-13-41-25-11-10-21(16-33-25)37-24-5-3-2-4-23(24)36(29(37)39)17-18-6-8-20(9-7-18)35-28(38)22-14-19(30)15-34-26(22)27(31)32/h2-5,10-11,14-16,18,20,27H,6-9,12-13,17H2,1H3,(H,35,38). The Kier molecular flexibility index (Phi) is 8.94. The third kappa shape index (κ3) is 6.41. The number of halogens is 3. The summed E-state index contributed by atoms with van der Waals surface area (Å²) in [6.07, 6.45) is 2.69. The Labute approximate surface area is 240 Å². The first kappa shape index (κ1) is 28.7. The molecule has 3 aromatic heterocycles. The zero-order valence-corrected chi connectivity index (χ0v) is 23.2. The summed E-state index contributed by atoms with van der Waals surface area (Å²) in [6.45, 7) is 1.35. The number of ether oxygens (including phenoxy) is 2. The molecule has 0 bridgehead atoms. The lowest BCUT2D eigenvalue weighted by atomic mass is 9.85. The summed E-state index contributed by atoms with van der Waals surface area (Å²) in [5.41, 5.74) is 1.27. The van der Waals surface area contributed by atoms with Crippen molar-refractivity contribution >= 4 is 28.5 Å². The van der Waals surface area contributed by atoms with Crippen LogP contribution in [0.3, 0.4) is 0 Å². The maximum absolute atomic E-state index is 13.7. The summed E-state index contributed by atoms with van der Waals surface area (Å²) >= 11 is 5.90. The fourth-order valence-electron chi connectivity index (χ4n) is 5.27. The highest BCUT2D eigenvalue weighted by atomic mass is 35.5. The molecule has 5 rings (SSSR count). The number of fused-ring (bicyclic) bond motifs is 1. The second-order valence-corrected chi connectivity index (χ2v) is 10.4. The highest BCUT2D eigenvalue weighted by Gasteiger charge is 2.27. The van der Waals surface area contributed by atoms with E-state index in [0.29, 0.717) is 44.2 Å². The third-order valence-corrected chi connectivity index (χ3v) is 7.52. The number of carbonyl (C=O) groups is 1. The third-order valence-electron chi connectivity index (χ3n) is 7.31. The van der Waals surface area contributed by atoms with Gasteiger partial charge in [0.1, 0.15) is 12.3 Å². The number of imidazole rings is 1. The quantitative estimate of drug-likeness (QED) is 0.257. The van der Waals surface area contributed by atoms with Gasteiger partial charge in [-0.25, -0.2) is 18.6 Å². The predicted octanol–water partition coefficient (Wildman–Crippen LogP) is 5.19. The largest absolute Gasteiger partial charge is 0.475 e. The number of hydrogen-bond acceptors (Lipinski definition) is 6. The van der Waals surface area contributed by atoms with E-state index in [2.05, 4.69) is 15.3 Å². The monoisotopic (exact) mass is 585 g/mol. The topological polar surface area (TPSA) is 100 Å². The van der Waals surface area contributed by atoms with Crippen LogP contribution in [0.2, 0.25) is 5.02 Å². The van der Waals surface area contributed by atoms with Gasteiger partial charge in [0.2, 0.25) is 5.88 Å². The number of benzene rings is 1. The molecule has 1 fully saturated rings. The SMILES string of the molecule is COCCOc1ccc(-n2c(=O)n(CC3CCC(NC(=O)c4cc(Cl)cnc4C(F)F)CC3)c3ccccc32)cn1. The Morgan fingerprint density at radius 2 is 1.83 bits per heavy atom. The molecule has 9 nitrogen and oxygen atoms in total. The molecular formula is C29H30ClF2N5O4. The van der Waals surface area contributed by atoms with Crippen molar-refractivity contribution in [1.82, 2.24) is 24.4 Å². The lowest BCUT2D eigenvalue weighted by molar-refractivity contribution is 0.0904. The molecule has 0 spiro atoms. The van der Waals surface area contributed by atoms with Gasteiger partial charge >= 0.3 is 5.69 Å². The van der Waals surface area contributed by atoms with E-state index in [0.717, 1.165) is 30.1 Å². The Morgan fingerprint density at radius 1 is 1.07 bits per heavy atom. The molecule has 0 unspecified atom stereocenters. The number of para-hydroxylation sites is 2. The smallest absolute Gasteiger partial charge is 0.333 e. The van der Waals surface area contributed by atoms with E-state index in [1.54, 1.807) is 34.6 Å². The molecule has 1 aromatic carbocycles. The maximum atomic E-state index is 13.7. The van der Waals surface area contributed by atoms with E-state index in [1.165, 1.54) is 6.07 Å². The van der Waals surface area contributed by atoms with Gasteiger partial charge in [0.15, 0.2) is 0 Å². The molecule has 3 heterocycles. The molecule has 1 N–H and O–H groups in total. The Morgan fingerprint density at radius 3 is 2.51 bits per heavy atom. The molecule has 1 aliphatic carbocycles. The number of rotatable bonds is 10. The van der Waals surface area contributed by atoms with Crippen LogP contribution in [0.15, 0.2) is 59.7 Å². The lowest BCUT2D eigenvalue weighted by Gasteiger charge is -2.29. The van der Waals surface area contributed by atoms with Crippen LogP contribution in [0.5, 0.6) is 5.88 Å². The molecule has 1 saturated carbocycles. The van der Waals surface area contributed by atoms with Gasteiger partial charge in [-0.3, -0.25) is 18.9 Å². The van der Waals surface area contributed by atoms with Gasteiger partial charge in [0, 0.05) is 32.0 Å². The van der Waals surface area contributed by atoms with Gasteiger partial charge in [-0.2, -0.15) is 0 Å². The van der Waals surface area contributed by atoms with Gasteiger partial charge in [-0.1, -0.05) is 23.7 Å². The number of pyridine rings is 2. The molecule has 0 saturated heterocycles. The van der Waals surface area contributed by atoms with Crippen molar-refractivity contribution in [2.75, 3.05) is 20.3 Å². The fraction of sp³-hybridized carbons (Fsp3) is 0.379. The molecule has 216 valence electrons. The zero-order chi connectivity index (χ0) is 28.9. The molecule has 0 atom stereocenters. The Hall–Kier alpha value is -3.83. The summed E-state index contributed by atoms with van der Waals surface area (Å²) < 4.78 is 40.7. The van der Waals surface area contributed by atoms with E-state index in [4.69, 9.17) is 21.1 Å². The average molecular weight is 586 g/mol. The summed E-state index contributed by atoms with van der Waals surface area (Å²) in [7, 11) is 1.60. The van der Waals surface area contributed by atoms with Crippen LogP contribution in [0, 0.1) is 5.92 Å². The van der Waals surface area contributed by atoms with Crippen molar-refractivity contribution in [3.8, 4) is 11.6 Å². The van der Waals surface area contributed by atoms with Crippen molar-refractivity contribution < 1.29 is 23.0 Å². The Balaban J connectivity index is 1.27. The number of amides is 1. The molecule has 41 heavy (non-hydrogen) atoms. The first-order valence-electron chi connectivity index (χ1n) is 13.4. The minimum absolute atomic E-state index is 0.120. The minimum Gasteiger partial charge on any atom is -0.475 e. The van der Waals surface area contributed by atoms with Crippen molar-refractivity contribution in [1.29, 1.82) is 0 Å². The molecule has 4 aromatic rings. The maximum Gasteiger partial charge on any atom is 0.333 e. The number of hydrogen-bond donors (Lipinski definition) is 1. The summed E-state index contributed by atoms with van der Waals surface area (Å²) in [6, 6.07) is 12.2. The first-order chi connectivity index (χ1) is 19.9. The average Bonchev–Trinajstić information content (AvgIpc) is 3.25. The van der Waals surface area contributed by atoms with Crippen LogP contribution in [0.4, 0.5) is 8.78 Å². The summed E-state index contributed by atoms with van der Waals surface area (Å²) in [5.74, 6) is 0.0458. The molecular weight excluding hydrogens is 556 g/mol. The van der Waals surface area contributed by atoms with Crippen LogP contribution < -0.4 is 15.7 Å². The Bertz CT molecular complexity index is 1570. The van der Waals surface area contributed by atoms with Crippen LogP contribution in [0.1, 0.15) is 48.2 Å². The number of nitrogens with zero attached hydrogens (tertiary/aromatic N) is 4. The first-order valence-corrected chi connectivity index (χ1v) is 13.8. The second kappa shape index (κ2) is 12.8. The number of alkyl halides is 2. The van der Waals surface area contributed by atoms with Crippen molar-refractivity contribution in [3.05, 3.63) is 81.6 Å². The van der Waals surface area contributed by atoms with Gasteiger partial charge in [-0.15, -0.1) is 0 Å².